The van der Waals surface area contributed by atoms with E-state index in [2.05, 4.69) is 24.1 Å². The number of amides is 1. The third kappa shape index (κ3) is 2.84. The van der Waals surface area contributed by atoms with Crippen LogP contribution in [-0.2, 0) is 4.79 Å². The number of hydrogen-bond donors (Lipinski definition) is 2. The van der Waals surface area contributed by atoms with Crippen LogP contribution in [0.15, 0.2) is 12.7 Å². The zero-order chi connectivity index (χ0) is 10.4. The first kappa shape index (κ1) is 11.2. The highest BCUT2D eigenvalue weighted by Crippen LogP contribution is 2.34. The van der Waals surface area contributed by atoms with Crippen LogP contribution in [0.1, 0.15) is 32.6 Å². The highest BCUT2D eigenvalue weighted by atomic mass is 16.2. The molecule has 3 heteroatoms. The monoisotopic (exact) mass is 196 g/mol. The lowest BCUT2D eigenvalue weighted by Gasteiger charge is -2.42. The maximum atomic E-state index is 11.5. The molecule has 0 atom stereocenters. The van der Waals surface area contributed by atoms with Gasteiger partial charge >= 0.3 is 0 Å². The minimum atomic E-state index is 0.105. The molecule has 0 aromatic carbocycles. The average molecular weight is 196 g/mol. The summed E-state index contributed by atoms with van der Waals surface area (Å²) in [6.45, 7) is 6.80. The molecule has 0 saturated heterocycles. The van der Waals surface area contributed by atoms with Gasteiger partial charge in [0.1, 0.15) is 0 Å². The second kappa shape index (κ2) is 5.15. The van der Waals surface area contributed by atoms with E-state index in [1.807, 2.05) is 0 Å². The van der Waals surface area contributed by atoms with E-state index in [1.54, 1.807) is 6.08 Å². The van der Waals surface area contributed by atoms with Gasteiger partial charge in [-0.2, -0.15) is 0 Å². The highest BCUT2D eigenvalue weighted by molar-refractivity contribution is 5.79. The average Bonchev–Trinajstić information content (AvgIpc) is 2.12. The standard InChI is InChI=1S/C11H20N2O/c1-3-8-12-9-10(14)13-11(4-2)6-5-7-11/h3,12H,1,4-9H2,2H3,(H,13,14). The Morgan fingerprint density at radius 1 is 1.57 bits per heavy atom. The Kier molecular flexibility index (Phi) is 4.14. The molecule has 1 rings (SSSR count). The SMILES string of the molecule is C=CCNCC(=O)NC1(CC)CCC1. The minimum Gasteiger partial charge on any atom is -0.350 e. The fourth-order valence-electron chi connectivity index (χ4n) is 1.80. The van der Waals surface area contributed by atoms with Crippen molar-refractivity contribution in [2.24, 2.45) is 0 Å². The molecule has 1 aliphatic rings. The van der Waals surface area contributed by atoms with Crippen LogP contribution in [0, 0.1) is 0 Å². The lowest BCUT2D eigenvalue weighted by molar-refractivity contribution is -0.123. The molecule has 3 nitrogen and oxygen atoms in total. The third-order valence-corrected chi connectivity index (χ3v) is 2.97. The van der Waals surface area contributed by atoms with E-state index in [0.717, 1.165) is 19.3 Å². The van der Waals surface area contributed by atoms with Crippen molar-refractivity contribution in [3.63, 3.8) is 0 Å². The molecule has 0 unspecified atom stereocenters. The molecule has 0 spiro atoms. The number of carbonyl (C=O) groups excluding carboxylic acids is 1. The van der Waals surface area contributed by atoms with Crippen molar-refractivity contribution in [1.29, 1.82) is 0 Å². The van der Waals surface area contributed by atoms with Gasteiger partial charge in [-0.25, -0.2) is 0 Å². The van der Waals surface area contributed by atoms with E-state index in [-0.39, 0.29) is 11.4 Å². The van der Waals surface area contributed by atoms with Crippen molar-refractivity contribution < 1.29 is 4.79 Å². The van der Waals surface area contributed by atoms with Gasteiger partial charge in [-0.1, -0.05) is 13.0 Å². The van der Waals surface area contributed by atoms with Crippen LogP contribution in [0.3, 0.4) is 0 Å². The fraction of sp³-hybridized carbons (Fsp3) is 0.727. The van der Waals surface area contributed by atoms with Crippen molar-refractivity contribution in [3.05, 3.63) is 12.7 Å². The number of nitrogens with one attached hydrogen (secondary N) is 2. The molecule has 0 heterocycles. The molecular weight excluding hydrogens is 176 g/mol. The van der Waals surface area contributed by atoms with E-state index in [1.165, 1.54) is 6.42 Å². The molecular formula is C11H20N2O. The van der Waals surface area contributed by atoms with Crippen LogP contribution >= 0.6 is 0 Å². The predicted molar refractivity (Wildman–Crippen MR) is 58.1 cm³/mol. The Morgan fingerprint density at radius 3 is 2.71 bits per heavy atom. The second-order valence-corrected chi connectivity index (χ2v) is 3.96. The molecule has 80 valence electrons. The Bertz CT molecular complexity index is 204. The Hall–Kier alpha value is -0.830. The molecule has 1 saturated carbocycles. The fourth-order valence-corrected chi connectivity index (χ4v) is 1.80. The quantitative estimate of drug-likeness (QED) is 0.495. The van der Waals surface area contributed by atoms with Crippen LogP contribution in [0.4, 0.5) is 0 Å². The summed E-state index contributed by atoms with van der Waals surface area (Å²) in [7, 11) is 0. The largest absolute Gasteiger partial charge is 0.350 e. The van der Waals surface area contributed by atoms with Gasteiger partial charge in [-0.3, -0.25) is 4.79 Å². The highest BCUT2D eigenvalue weighted by Gasteiger charge is 2.35. The Balaban J connectivity index is 2.21. The van der Waals surface area contributed by atoms with Crippen molar-refractivity contribution in [3.8, 4) is 0 Å². The lowest BCUT2D eigenvalue weighted by Crippen LogP contribution is -2.54. The van der Waals surface area contributed by atoms with Gasteiger partial charge in [-0.15, -0.1) is 6.58 Å². The molecule has 0 aromatic rings. The molecule has 1 fully saturated rings. The second-order valence-electron chi connectivity index (χ2n) is 3.96. The normalized spacial score (nSPS) is 18.4. The van der Waals surface area contributed by atoms with Crippen molar-refractivity contribution in [2.75, 3.05) is 13.1 Å². The zero-order valence-electron chi connectivity index (χ0n) is 8.94. The smallest absolute Gasteiger partial charge is 0.234 e. The maximum absolute atomic E-state index is 11.5. The topological polar surface area (TPSA) is 41.1 Å². The summed E-state index contributed by atoms with van der Waals surface area (Å²) >= 11 is 0. The van der Waals surface area contributed by atoms with Crippen molar-refractivity contribution in [2.45, 2.75) is 38.1 Å². The molecule has 1 amide bonds. The Morgan fingerprint density at radius 2 is 2.29 bits per heavy atom. The third-order valence-electron chi connectivity index (χ3n) is 2.97. The first-order valence-corrected chi connectivity index (χ1v) is 5.35. The number of carbonyl (C=O) groups is 1. The van der Waals surface area contributed by atoms with Gasteiger partial charge in [-0.05, 0) is 25.7 Å². The van der Waals surface area contributed by atoms with Gasteiger partial charge in [0.05, 0.1) is 6.54 Å². The van der Waals surface area contributed by atoms with E-state index in [0.29, 0.717) is 13.1 Å². The summed E-state index contributed by atoms with van der Waals surface area (Å²) in [5.41, 5.74) is 0.118. The van der Waals surface area contributed by atoms with E-state index >= 15 is 0 Å². The van der Waals surface area contributed by atoms with Crippen molar-refractivity contribution >= 4 is 5.91 Å². The van der Waals surface area contributed by atoms with Crippen LogP contribution in [0.5, 0.6) is 0 Å². The van der Waals surface area contributed by atoms with Gasteiger partial charge in [0.15, 0.2) is 0 Å². The zero-order valence-corrected chi connectivity index (χ0v) is 8.94. The van der Waals surface area contributed by atoms with Crippen molar-refractivity contribution in [1.82, 2.24) is 10.6 Å². The predicted octanol–water partition coefficient (Wildman–Crippen LogP) is 1.21. The van der Waals surface area contributed by atoms with E-state index < -0.39 is 0 Å². The van der Waals surface area contributed by atoms with Crippen LogP contribution < -0.4 is 10.6 Å². The van der Waals surface area contributed by atoms with E-state index in [9.17, 15) is 4.79 Å². The van der Waals surface area contributed by atoms with Crippen LogP contribution in [0.25, 0.3) is 0 Å². The number of rotatable bonds is 6. The first-order chi connectivity index (χ1) is 6.72. The molecule has 0 bridgehead atoms. The molecule has 2 N–H and O–H groups in total. The summed E-state index contributed by atoms with van der Waals surface area (Å²) in [5, 5.41) is 6.10. The van der Waals surface area contributed by atoms with Gasteiger partial charge in [0.25, 0.3) is 0 Å². The lowest BCUT2D eigenvalue weighted by atomic mass is 9.75. The van der Waals surface area contributed by atoms with Gasteiger partial charge in [0, 0.05) is 12.1 Å². The maximum Gasteiger partial charge on any atom is 0.234 e. The summed E-state index contributed by atoms with van der Waals surface area (Å²) in [5.74, 6) is 0.105. The molecule has 0 aromatic heterocycles. The molecule has 0 aliphatic heterocycles. The minimum absolute atomic E-state index is 0.105. The number of hydrogen-bond acceptors (Lipinski definition) is 2. The Labute approximate surface area is 86.0 Å². The van der Waals surface area contributed by atoms with Crippen LogP contribution in [-0.4, -0.2) is 24.5 Å². The molecule has 0 radical (unpaired) electrons. The first-order valence-electron chi connectivity index (χ1n) is 5.35. The molecule has 14 heavy (non-hydrogen) atoms. The van der Waals surface area contributed by atoms with E-state index in [4.69, 9.17) is 0 Å². The van der Waals surface area contributed by atoms with Crippen LogP contribution in [0.2, 0.25) is 0 Å². The summed E-state index contributed by atoms with van der Waals surface area (Å²) in [4.78, 5) is 11.5. The molecule has 1 aliphatic carbocycles. The summed E-state index contributed by atoms with van der Waals surface area (Å²) < 4.78 is 0. The van der Waals surface area contributed by atoms with Gasteiger partial charge in [0.2, 0.25) is 5.91 Å². The summed E-state index contributed by atoms with van der Waals surface area (Å²) in [6.07, 6.45) is 6.31. The summed E-state index contributed by atoms with van der Waals surface area (Å²) in [6, 6.07) is 0. The van der Waals surface area contributed by atoms with Gasteiger partial charge < -0.3 is 10.6 Å².